The van der Waals surface area contributed by atoms with Crippen molar-refractivity contribution in [1.82, 2.24) is 15.1 Å². The third-order valence-electron chi connectivity index (χ3n) is 2.74. The molecule has 0 atom stereocenters. The molecule has 0 unspecified atom stereocenters. The molecule has 0 aromatic carbocycles. The Balaban J connectivity index is 2.65. The maximum Gasteiger partial charge on any atom is 0.0709 e. The summed E-state index contributed by atoms with van der Waals surface area (Å²) in [6.45, 7) is 7.79. The minimum atomic E-state index is 0.152. The van der Waals surface area contributed by atoms with Crippen LogP contribution in [0.25, 0.3) is 0 Å². The fourth-order valence-electron chi connectivity index (χ4n) is 1.97. The van der Waals surface area contributed by atoms with Crippen LogP contribution in [0.15, 0.2) is 6.20 Å². The predicted molar refractivity (Wildman–Crippen MR) is 68.8 cm³/mol. The lowest BCUT2D eigenvalue weighted by molar-refractivity contribution is 0.546. The minimum Gasteiger partial charge on any atom is -0.320 e. The van der Waals surface area contributed by atoms with E-state index in [9.17, 15) is 0 Å². The molecule has 0 aliphatic heterocycles. The summed E-state index contributed by atoms with van der Waals surface area (Å²) in [5, 5.41) is 7.77. The first kappa shape index (κ1) is 13.2. The molecule has 0 saturated heterocycles. The van der Waals surface area contributed by atoms with Crippen LogP contribution in [0, 0.1) is 0 Å². The number of hydrogen-bond acceptors (Lipinski definition) is 2. The van der Waals surface area contributed by atoms with Crippen molar-refractivity contribution in [3.05, 3.63) is 17.5 Å². The smallest absolute Gasteiger partial charge is 0.0709 e. The van der Waals surface area contributed by atoms with Gasteiger partial charge in [0.05, 0.1) is 5.69 Å². The van der Waals surface area contributed by atoms with Gasteiger partial charge in [0, 0.05) is 18.7 Å². The number of rotatable bonds is 5. The van der Waals surface area contributed by atoms with Crippen LogP contribution >= 0.6 is 0 Å². The molecule has 0 fully saturated rings. The number of nitrogens with zero attached hydrogens (tertiary/aromatic N) is 2. The Labute approximate surface area is 99.2 Å². The van der Waals surface area contributed by atoms with Gasteiger partial charge in [-0.25, -0.2) is 0 Å². The van der Waals surface area contributed by atoms with Gasteiger partial charge in [-0.1, -0.05) is 20.8 Å². The predicted octanol–water partition coefficient (Wildman–Crippen LogP) is 2.26. The summed E-state index contributed by atoms with van der Waals surface area (Å²) in [4.78, 5) is 0. The van der Waals surface area contributed by atoms with Gasteiger partial charge in [-0.3, -0.25) is 4.68 Å². The molecule has 3 heteroatoms. The molecule has 0 spiro atoms. The number of nitrogens with one attached hydrogen (secondary N) is 1. The van der Waals surface area contributed by atoms with E-state index in [1.54, 1.807) is 0 Å². The van der Waals surface area contributed by atoms with Crippen LogP contribution in [0.1, 0.15) is 44.9 Å². The Morgan fingerprint density at radius 3 is 2.56 bits per heavy atom. The minimum absolute atomic E-state index is 0.152. The molecule has 1 aromatic rings. The van der Waals surface area contributed by atoms with Crippen LogP contribution in [0.3, 0.4) is 0 Å². The third-order valence-corrected chi connectivity index (χ3v) is 2.74. The van der Waals surface area contributed by atoms with Crippen molar-refractivity contribution < 1.29 is 0 Å². The van der Waals surface area contributed by atoms with E-state index in [4.69, 9.17) is 0 Å². The zero-order valence-corrected chi connectivity index (χ0v) is 11.3. The Morgan fingerprint density at radius 2 is 2.00 bits per heavy atom. The average molecular weight is 223 g/mol. The molecule has 16 heavy (non-hydrogen) atoms. The van der Waals surface area contributed by atoms with Gasteiger partial charge in [-0.05, 0) is 38.4 Å². The summed E-state index contributed by atoms with van der Waals surface area (Å²) >= 11 is 0. The van der Waals surface area contributed by atoms with Gasteiger partial charge in [0.25, 0.3) is 0 Å². The van der Waals surface area contributed by atoms with Crippen LogP contribution in [-0.4, -0.2) is 23.4 Å². The summed E-state index contributed by atoms with van der Waals surface area (Å²) in [6, 6.07) is 0. The number of aryl methyl sites for hydroxylation is 2. The first-order valence-electron chi connectivity index (χ1n) is 6.12. The van der Waals surface area contributed by atoms with E-state index in [0.29, 0.717) is 0 Å². The molecular formula is C13H25N3. The maximum atomic E-state index is 4.58. The van der Waals surface area contributed by atoms with Crippen molar-refractivity contribution in [3.63, 3.8) is 0 Å². The van der Waals surface area contributed by atoms with Crippen molar-refractivity contribution >= 4 is 0 Å². The van der Waals surface area contributed by atoms with Gasteiger partial charge in [-0.2, -0.15) is 5.10 Å². The first-order valence-corrected chi connectivity index (χ1v) is 6.12. The Kier molecular flexibility index (Phi) is 4.54. The van der Waals surface area contributed by atoms with Gasteiger partial charge in [0.15, 0.2) is 0 Å². The summed E-state index contributed by atoms with van der Waals surface area (Å²) in [6.07, 6.45) is 5.77. The summed E-state index contributed by atoms with van der Waals surface area (Å²) in [5.74, 6) is 0. The van der Waals surface area contributed by atoms with E-state index in [1.165, 1.54) is 24.1 Å². The van der Waals surface area contributed by atoms with Gasteiger partial charge in [0.2, 0.25) is 0 Å². The highest BCUT2D eigenvalue weighted by Gasteiger charge is 2.21. The second kappa shape index (κ2) is 5.48. The molecule has 1 heterocycles. The zero-order valence-electron chi connectivity index (χ0n) is 11.3. The van der Waals surface area contributed by atoms with E-state index < -0.39 is 0 Å². The molecule has 1 rings (SSSR count). The Bertz CT molecular complexity index is 320. The van der Waals surface area contributed by atoms with Crippen LogP contribution in [-0.2, 0) is 18.9 Å². The lowest BCUT2D eigenvalue weighted by Crippen LogP contribution is -2.15. The van der Waals surface area contributed by atoms with Crippen molar-refractivity contribution in [2.45, 2.75) is 45.4 Å². The standard InChI is InChI=1S/C13H25N3/c1-13(2,3)12-11(10-16(5)15-12)8-6-7-9-14-4/h10,14H,6-9H2,1-5H3. The van der Waals surface area contributed by atoms with Gasteiger partial charge >= 0.3 is 0 Å². The summed E-state index contributed by atoms with van der Waals surface area (Å²) in [7, 11) is 4.01. The average Bonchev–Trinajstić information content (AvgIpc) is 2.54. The van der Waals surface area contributed by atoms with Crippen LogP contribution in [0.2, 0.25) is 0 Å². The molecule has 0 bridgehead atoms. The highest BCUT2D eigenvalue weighted by Crippen LogP contribution is 2.25. The maximum absolute atomic E-state index is 4.58. The molecular weight excluding hydrogens is 198 g/mol. The van der Waals surface area contributed by atoms with Crippen molar-refractivity contribution in [1.29, 1.82) is 0 Å². The number of hydrogen-bond donors (Lipinski definition) is 1. The Hall–Kier alpha value is -0.830. The van der Waals surface area contributed by atoms with Crippen LogP contribution < -0.4 is 5.32 Å². The molecule has 0 saturated carbocycles. The second-order valence-electron chi connectivity index (χ2n) is 5.49. The molecule has 3 nitrogen and oxygen atoms in total. The van der Waals surface area contributed by atoms with E-state index >= 15 is 0 Å². The molecule has 0 aliphatic rings. The number of aromatic nitrogens is 2. The van der Waals surface area contributed by atoms with Crippen molar-refractivity contribution in [2.24, 2.45) is 7.05 Å². The normalized spacial score (nSPS) is 12.1. The molecule has 0 radical (unpaired) electrons. The fraction of sp³-hybridized carbons (Fsp3) is 0.769. The largest absolute Gasteiger partial charge is 0.320 e. The number of unbranched alkanes of at least 4 members (excludes halogenated alkanes) is 1. The van der Waals surface area contributed by atoms with Crippen LogP contribution in [0.4, 0.5) is 0 Å². The monoisotopic (exact) mass is 223 g/mol. The first-order chi connectivity index (χ1) is 7.45. The fourth-order valence-corrected chi connectivity index (χ4v) is 1.97. The third kappa shape index (κ3) is 3.63. The Morgan fingerprint density at radius 1 is 1.31 bits per heavy atom. The van der Waals surface area contributed by atoms with Crippen LogP contribution in [0.5, 0.6) is 0 Å². The quantitative estimate of drug-likeness (QED) is 0.776. The molecule has 92 valence electrons. The van der Waals surface area contributed by atoms with E-state index in [0.717, 1.165) is 13.0 Å². The van der Waals surface area contributed by atoms with E-state index in [-0.39, 0.29) is 5.41 Å². The van der Waals surface area contributed by atoms with E-state index in [1.807, 2.05) is 18.8 Å². The molecule has 0 amide bonds. The summed E-state index contributed by atoms with van der Waals surface area (Å²) < 4.78 is 1.94. The van der Waals surface area contributed by atoms with Gasteiger partial charge < -0.3 is 5.32 Å². The van der Waals surface area contributed by atoms with Crippen molar-refractivity contribution in [2.75, 3.05) is 13.6 Å². The summed E-state index contributed by atoms with van der Waals surface area (Å²) in [5.41, 5.74) is 2.81. The highest BCUT2D eigenvalue weighted by atomic mass is 15.3. The molecule has 1 aromatic heterocycles. The molecule has 1 N–H and O–H groups in total. The van der Waals surface area contributed by atoms with Gasteiger partial charge in [-0.15, -0.1) is 0 Å². The zero-order chi connectivity index (χ0) is 12.2. The lowest BCUT2D eigenvalue weighted by atomic mass is 9.88. The molecule has 0 aliphatic carbocycles. The van der Waals surface area contributed by atoms with Crippen molar-refractivity contribution in [3.8, 4) is 0 Å². The van der Waals surface area contributed by atoms with Gasteiger partial charge in [0.1, 0.15) is 0 Å². The SMILES string of the molecule is CNCCCCc1cn(C)nc1C(C)(C)C. The topological polar surface area (TPSA) is 29.9 Å². The van der Waals surface area contributed by atoms with E-state index in [2.05, 4.69) is 37.4 Å². The highest BCUT2D eigenvalue weighted by molar-refractivity contribution is 5.24. The second-order valence-corrected chi connectivity index (χ2v) is 5.49. The lowest BCUT2D eigenvalue weighted by Gasteiger charge is -2.17.